The first kappa shape index (κ1) is 16.7. The van der Waals surface area contributed by atoms with Crippen LogP contribution >= 0.6 is 0 Å². The number of rotatable bonds is 3. The second-order valence-corrected chi connectivity index (χ2v) is 7.23. The monoisotopic (exact) mass is 376 g/mol. The van der Waals surface area contributed by atoms with Gasteiger partial charge < -0.3 is 15.2 Å². The average Bonchev–Trinajstić information content (AvgIpc) is 3.28. The third-order valence-electron chi connectivity index (χ3n) is 5.31. The van der Waals surface area contributed by atoms with Crippen molar-refractivity contribution in [2.45, 2.75) is 18.9 Å². The minimum atomic E-state index is 0.161. The summed E-state index contributed by atoms with van der Waals surface area (Å²) in [7, 11) is 3.71. The van der Waals surface area contributed by atoms with Gasteiger partial charge in [0.2, 0.25) is 11.9 Å². The first-order valence-electron chi connectivity index (χ1n) is 9.23. The summed E-state index contributed by atoms with van der Waals surface area (Å²) >= 11 is 0. The Morgan fingerprint density at radius 2 is 2.18 bits per heavy atom. The predicted molar refractivity (Wildman–Crippen MR) is 106 cm³/mol. The zero-order valence-electron chi connectivity index (χ0n) is 15.7. The Hall–Kier alpha value is -3.49. The molecule has 28 heavy (non-hydrogen) atoms. The van der Waals surface area contributed by atoms with Crippen LogP contribution in [-0.4, -0.2) is 60.4 Å². The molecule has 2 N–H and O–H groups in total. The van der Waals surface area contributed by atoms with Crippen molar-refractivity contribution in [3.63, 3.8) is 0 Å². The largest absolute Gasteiger partial charge is 0.350 e. The van der Waals surface area contributed by atoms with Crippen LogP contribution in [0.4, 0.5) is 5.95 Å². The number of fused-ring (bicyclic) bond motifs is 2. The number of piperidine rings is 1. The van der Waals surface area contributed by atoms with Crippen LogP contribution < -0.4 is 5.32 Å². The first-order chi connectivity index (χ1) is 13.6. The summed E-state index contributed by atoms with van der Waals surface area (Å²) in [6.45, 7) is 0.662. The number of hydrogen-bond acceptors (Lipinski definition) is 6. The topological polar surface area (TPSA) is 105 Å². The molecule has 3 aromatic heterocycles. The second-order valence-electron chi connectivity index (χ2n) is 7.23. The minimum Gasteiger partial charge on any atom is -0.350 e. The van der Waals surface area contributed by atoms with Gasteiger partial charge in [-0.2, -0.15) is 4.98 Å². The Morgan fingerprint density at radius 1 is 1.29 bits per heavy atom. The van der Waals surface area contributed by atoms with Crippen LogP contribution in [0.5, 0.6) is 0 Å². The first-order valence-corrected chi connectivity index (χ1v) is 9.23. The summed E-state index contributed by atoms with van der Waals surface area (Å²) in [5.74, 6) is 0.754. The Kier molecular flexibility index (Phi) is 3.75. The van der Waals surface area contributed by atoms with E-state index in [-0.39, 0.29) is 11.9 Å². The van der Waals surface area contributed by atoms with Crippen LogP contribution in [0.1, 0.15) is 12.8 Å². The third kappa shape index (κ3) is 2.75. The van der Waals surface area contributed by atoms with E-state index in [1.807, 2.05) is 38.6 Å². The van der Waals surface area contributed by atoms with E-state index in [1.165, 1.54) is 0 Å². The Bertz CT molecular complexity index is 1190. The molecule has 9 heteroatoms. The molecule has 1 amide bonds. The smallest absolute Gasteiger partial charge is 0.224 e. The van der Waals surface area contributed by atoms with Crippen LogP contribution in [-0.2, 0) is 11.8 Å². The lowest BCUT2D eigenvalue weighted by Gasteiger charge is -2.30. The zero-order chi connectivity index (χ0) is 19.3. The molecule has 0 unspecified atom stereocenters. The molecule has 0 radical (unpaired) electrons. The fourth-order valence-corrected chi connectivity index (χ4v) is 3.73. The molecule has 5 rings (SSSR count). The molecule has 1 atom stereocenters. The highest BCUT2D eigenvalue weighted by Crippen LogP contribution is 2.29. The fraction of sp³-hybridized carbons (Fsp3) is 0.316. The van der Waals surface area contributed by atoms with Crippen LogP contribution in [0.3, 0.4) is 0 Å². The number of carbonyl (C=O) groups excluding carboxylic acids is 1. The summed E-state index contributed by atoms with van der Waals surface area (Å²) < 4.78 is 1.76. The van der Waals surface area contributed by atoms with E-state index >= 15 is 0 Å². The molecular weight excluding hydrogens is 356 g/mol. The fourth-order valence-electron chi connectivity index (χ4n) is 3.73. The molecule has 0 aliphatic carbocycles. The molecule has 1 saturated heterocycles. The highest BCUT2D eigenvalue weighted by molar-refractivity contribution is 5.95. The van der Waals surface area contributed by atoms with E-state index in [0.29, 0.717) is 18.9 Å². The van der Waals surface area contributed by atoms with Gasteiger partial charge in [-0.05, 0) is 24.1 Å². The van der Waals surface area contributed by atoms with Gasteiger partial charge in [0.05, 0.1) is 5.52 Å². The lowest BCUT2D eigenvalue weighted by Crippen LogP contribution is -2.43. The van der Waals surface area contributed by atoms with Crippen molar-refractivity contribution < 1.29 is 4.79 Å². The number of aryl methyl sites for hydroxylation is 1. The van der Waals surface area contributed by atoms with E-state index in [0.717, 1.165) is 39.6 Å². The van der Waals surface area contributed by atoms with Gasteiger partial charge in [-0.1, -0.05) is 11.3 Å². The molecule has 1 aromatic carbocycles. The van der Waals surface area contributed by atoms with Crippen molar-refractivity contribution in [3.05, 3.63) is 30.6 Å². The van der Waals surface area contributed by atoms with Crippen molar-refractivity contribution in [2.75, 3.05) is 18.9 Å². The van der Waals surface area contributed by atoms with Gasteiger partial charge in [0.15, 0.2) is 0 Å². The number of aromatic amines is 1. The van der Waals surface area contributed by atoms with Gasteiger partial charge in [-0.25, -0.2) is 9.67 Å². The van der Waals surface area contributed by atoms with E-state index in [4.69, 9.17) is 0 Å². The third-order valence-corrected chi connectivity index (χ3v) is 5.31. The number of benzene rings is 1. The normalized spacial score (nSPS) is 17.6. The second kappa shape index (κ2) is 6.29. The molecule has 4 heterocycles. The van der Waals surface area contributed by atoms with Gasteiger partial charge in [-0.15, -0.1) is 5.10 Å². The molecule has 4 aromatic rings. The molecular formula is C19H20N8O. The summed E-state index contributed by atoms with van der Waals surface area (Å²) in [6.07, 6.45) is 5.12. The minimum absolute atomic E-state index is 0.161. The van der Waals surface area contributed by atoms with E-state index in [2.05, 4.69) is 36.6 Å². The standard InChI is InChI=1S/C19H20N8O/c1-26-10-12(4-6-17(26)28)22-19-21-9-14-13(8-20-18(14)23-19)11-3-5-15-16(7-11)27(2)25-24-15/h3,5,7-9,12H,4,6,10H2,1-2H3,(H2,20,21,22,23)/t12-/m0/s1. The van der Waals surface area contributed by atoms with E-state index < -0.39 is 0 Å². The number of nitrogens with one attached hydrogen (secondary N) is 2. The lowest BCUT2D eigenvalue weighted by atomic mass is 10.1. The van der Waals surface area contributed by atoms with E-state index in [9.17, 15) is 4.79 Å². The number of aromatic nitrogens is 6. The SMILES string of the molecule is CN1C[C@@H](Nc2ncc3c(-c4ccc5nnn(C)c5c4)c[nH]c3n2)CCC1=O. The van der Waals surface area contributed by atoms with Crippen LogP contribution in [0, 0.1) is 0 Å². The maximum absolute atomic E-state index is 11.6. The molecule has 142 valence electrons. The molecule has 1 aliphatic rings. The predicted octanol–water partition coefficient (Wildman–Crippen LogP) is 1.94. The summed E-state index contributed by atoms with van der Waals surface area (Å²) in [6, 6.07) is 6.22. The van der Waals surface area contributed by atoms with Crippen LogP contribution in [0.15, 0.2) is 30.6 Å². The Balaban J connectivity index is 1.44. The van der Waals surface area contributed by atoms with Gasteiger partial charge >= 0.3 is 0 Å². The maximum Gasteiger partial charge on any atom is 0.224 e. The number of H-pyrrole nitrogens is 1. The molecule has 0 bridgehead atoms. The Labute approximate surface area is 160 Å². The Morgan fingerprint density at radius 3 is 3.04 bits per heavy atom. The number of nitrogens with zero attached hydrogens (tertiary/aromatic N) is 6. The number of anilines is 1. The average molecular weight is 376 g/mol. The number of carbonyl (C=O) groups is 1. The van der Waals surface area contributed by atoms with Crippen molar-refractivity contribution in [1.29, 1.82) is 0 Å². The molecule has 0 spiro atoms. The van der Waals surface area contributed by atoms with Crippen molar-refractivity contribution in [1.82, 2.24) is 34.8 Å². The van der Waals surface area contributed by atoms with Crippen LogP contribution in [0.25, 0.3) is 33.2 Å². The molecule has 9 nitrogen and oxygen atoms in total. The van der Waals surface area contributed by atoms with Crippen molar-refractivity contribution in [2.24, 2.45) is 7.05 Å². The highest BCUT2D eigenvalue weighted by atomic mass is 16.2. The number of amides is 1. The molecule has 1 fully saturated rings. The number of likely N-dealkylation sites (N-methyl/N-ethyl adjacent to an activating group) is 1. The van der Waals surface area contributed by atoms with Gasteiger partial charge in [-0.3, -0.25) is 4.79 Å². The van der Waals surface area contributed by atoms with E-state index in [1.54, 1.807) is 9.58 Å². The molecule has 1 aliphatic heterocycles. The maximum atomic E-state index is 11.6. The van der Waals surface area contributed by atoms with Crippen molar-refractivity contribution >= 4 is 33.9 Å². The lowest BCUT2D eigenvalue weighted by molar-refractivity contribution is -0.132. The van der Waals surface area contributed by atoms with Gasteiger partial charge in [0.1, 0.15) is 11.2 Å². The summed E-state index contributed by atoms with van der Waals surface area (Å²) in [4.78, 5) is 25.7. The quantitative estimate of drug-likeness (QED) is 0.566. The van der Waals surface area contributed by atoms with Crippen LogP contribution in [0.2, 0.25) is 0 Å². The van der Waals surface area contributed by atoms with Crippen molar-refractivity contribution in [3.8, 4) is 11.1 Å². The summed E-state index contributed by atoms with van der Waals surface area (Å²) in [5, 5.41) is 12.5. The molecule has 0 saturated carbocycles. The highest BCUT2D eigenvalue weighted by Gasteiger charge is 2.23. The van der Waals surface area contributed by atoms with Gasteiger partial charge in [0, 0.05) is 56.4 Å². The summed E-state index contributed by atoms with van der Waals surface area (Å²) in [5.41, 5.74) is 4.70. The number of hydrogen-bond donors (Lipinski definition) is 2. The zero-order valence-corrected chi connectivity index (χ0v) is 15.7. The number of likely N-dealkylation sites (tertiary alicyclic amines) is 1. The van der Waals surface area contributed by atoms with Gasteiger partial charge in [0.25, 0.3) is 0 Å².